The Balaban J connectivity index is 2.73. The first kappa shape index (κ1) is 17.6. The number of nitrogens with zero attached hydrogens (tertiary/aromatic N) is 1. The molecule has 1 unspecified atom stereocenters. The van der Waals surface area contributed by atoms with E-state index in [1.54, 1.807) is 0 Å². The van der Waals surface area contributed by atoms with Gasteiger partial charge >= 0.3 is 0 Å². The van der Waals surface area contributed by atoms with Gasteiger partial charge in [-0.2, -0.15) is 0 Å². The first-order chi connectivity index (χ1) is 9.07. The Labute approximate surface area is 127 Å². The molecule has 20 heavy (non-hydrogen) atoms. The molecule has 1 aromatic heterocycles. The van der Waals surface area contributed by atoms with Crippen LogP contribution in [0.15, 0.2) is 0 Å². The molecule has 0 aliphatic heterocycles. The molecule has 0 amide bonds. The number of hydrogen-bond donors (Lipinski definition) is 2. The lowest BCUT2D eigenvalue weighted by atomic mass is 9.89. The average molecular weight is 298 g/mol. The van der Waals surface area contributed by atoms with Gasteiger partial charge < -0.3 is 10.4 Å². The molecule has 1 heterocycles. The highest BCUT2D eigenvalue weighted by Crippen LogP contribution is 2.32. The third-order valence-electron chi connectivity index (χ3n) is 3.54. The lowest BCUT2D eigenvalue weighted by Crippen LogP contribution is -2.32. The van der Waals surface area contributed by atoms with Crippen molar-refractivity contribution >= 4 is 11.3 Å². The summed E-state index contributed by atoms with van der Waals surface area (Å²) in [7, 11) is 0. The van der Waals surface area contributed by atoms with Crippen molar-refractivity contribution in [3.8, 4) is 0 Å². The Hall–Kier alpha value is -0.450. The molecule has 0 fully saturated rings. The van der Waals surface area contributed by atoms with Gasteiger partial charge in [-0.15, -0.1) is 11.3 Å². The summed E-state index contributed by atoms with van der Waals surface area (Å²) in [5, 5.41) is 13.9. The molecule has 1 rings (SSSR count). The van der Waals surface area contributed by atoms with Crippen molar-refractivity contribution < 1.29 is 5.11 Å². The Bertz CT molecular complexity index is 432. The standard InChI is InChI=1S/C16H30N2OS/c1-11(17-10-16(6,7)8-9-19)13-12(2)18-14(20-13)15(3,4)5/h11,17,19H,8-10H2,1-7H3. The van der Waals surface area contributed by atoms with Gasteiger partial charge in [-0.3, -0.25) is 0 Å². The first-order valence-electron chi connectivity index (χ1n) is 7.39. The van der Waals surface area contributed by atoms with Gasteiger partial charge in [0, 0.05) is 29.5 Å². The molecule has 0 saturated heterocycles. The zero-order chi connectivity index (χ0) is 15.6. The van der Waals surface area contributed by atoms with Gasteiger partial charge in [0.15, 0.2) is 0 Å². The maximum Gasteiger partial charge on any atom is 0.0985 e. The molecule has 2 N–H and O–H groups in total. The van der Waals surface area contributed by atoms with Gasteiger partial charge in [-0.05, 0) is 25.7 Å². The highest BCUT2D eigenvalue weighted by atomic mass is 32.1. The molecular formula is C16H30N2OS. The largest absolute Gasteiger partial charge is 0.396 e. The summed E-state index contributed by atoms with van der Waals surface area (Å²) in [6.07, 6.45) is 0.821. The van der Waals surface area contributed by atoms with Crippen LogP contribution in [0, 0.1) is 12.3 Å². The van der Waals surface area contributed by atoms with Crippen molar-refractivity contribution in [1.29, 1.82) is 0 Å². The van der Waals surface area contributed by atoms with E-state index in [4.69, 9.17) is 10.1 Å². The Morgan fingerprint density at radius 2 is 1.85 bits per heavy atom. The van der Waals surface area contributed by atoms with Gasteiger partial charge in [0.1, 0.15) is 0 Å². The van der Waals surface area contributed by atoms with E-state index in [2.05, 4.69) is 53.8 Å². The fourth-order valence-corrected chi connectivity index (χ4v) is 3.19. The van der Waals surface area contributed by atoms with E-state index >= 15 is 0 Å². The molecule has 4 heteroatoms. The number of thiazole rings is 1. The molecule has 3 nitrogen and oxygen atoms in total. The van der Waals surface area contributed by atoms with E-state index in [1.165, 1.54) is 9.88 Å². The summed E-state index contributed by atoms with van der Waals surface area (Å²) in [4.78, 5) is 6.05. The number of aliphatic hydroxyl groups is 1. The second-order valence-corrected chi connectivity index (χ2v) is 8.49. The van der Waals surface area contributed by atoms with Crippen molar-refractivity contribution in [2.75, 3.05) is 13.2 Å². The van der Waals surface area contributed by atoms with Crippen LogP contribution < -0.4 is 5.32 Å². The summed E-state index contributed by atoms with van der Waals surface area (Å²) in [6.45, 7) is 16.4. The highest BCUT2D eigenvalue weighted by Gasteiger charge is 2.24. The van der Waals surface area contributed by atoms with Crippen molar-refractivity contribution in [2.45, 2.75) is 66.3 Å². The zero-order valence-corrected chi connectivity index (χ0v) is 14.8. The Kier molecular flexibility index (Phi) is 5.76. The van der Waals surface area contributed by atoms with Gasteiger partial charge in [0.25, 0.3) is 0 Å². The van der Waals surface area contributed by atoms with Crippen LogP contribution in [0.3, 0.4) is 0 Å². The molecule has 1 aromatic rings. The van der Waals surface area contributed by atoms with Crippen LogP contribution in [0.25, 0.3) is 0 Å². The number of nitrogens with one attached hydrogen (secondary N) is 1. The van der Waals surface area contributed by atoms with Crippen molar-refractivity contribution in [3.05, 3.63) is 15.6 Å². The SMILES string of the molecule is Cc1nc(C(C)(C)C)sc1C(C)NCC(C)(C)CCO. The van der Waals surface area contributed by atoms with E-state index < -0.39 is 0 Å². The lowest BCUT2D eigenvalue weighted by molar-refractivity contribution is 0.204. The van der Waals surface area contributed by atoms with Crippen molar-refractivity contribution in [2.24, 2.45) is 5.41 Å². The number of rotatable bonds is 6. The van der Waals surface area contributed by atoms with Crippen LogP contribution in [0.4, 0.5) is 0 Å². The molecule has 116 valence electrons. The number of hydrogen-bond acceptors (Lipinski definition) is 4. The molecule has 1 atom stereocenters. The summed E-state index contributed by atoms with van der Waals surface area (Å²) >= 11 is 1.82. The summed E-state index contributed by atoms with van der Waals surface area (Å²) in [6, 6.07) is 0.307. The lowest BCUT2D eigenvalue weighted by Gasteiger charge is -2.26. The van der Waals surface area contributed by atoms with Crippen LogP contribution in [0.2, 0.25) is 0 Å². The number of aliphatic hydroxyl groups excluding tert-OH is 1. The van der Waals surface area contributed by atoms with Gasteiger partial charge in [-0.1, -0.05) is 34.6 Å². The summed E-state index contributed by atoms with van der Waals surface area (Å²) < 4.78 is 0. The normalized spacial score (nSPS) is 14.6. The van der Waals surface area contributed by atoms with Gasteiger partial charge in [0.05, 0.1) is 10.7 Å². The molecule has 0 aromatic carbocycles. The molecule has 0 spiro atoms. The van der Waals surface area contributed by atoms with Crippen molar-refractivity contribution in [3.63, 3.8) is 0 Å². The fraction of sp³-hybridized carbons (Fsp3) is 0.812. The fourth-order valence-electron chi connectivity index (χ4n) is 2.04. The minimum absolute atomic E-state index is 0.115. The number of aryl methyl sites for hydroxylation is 1. The predicted octanol–water partition coefficient (Wildman–Crippen LogP) is 3.81. The molecule has 0 aliphatic carbocycles. The van der Waals surface area contributed by atoms with E-state index in [-0.39, 0.29) is 17.4 Å². The van der Waals surface area contributed by atoms with E-state index in [1.807, 2.05) is 11.3 Å². The Morgan fingerprint density at radius 1 is 1.25 bits per heavy atom. The van der Waals surface area contributed by atoms with Crippen LogP contribution in [0.1, 0.15) is 69.6 Å². The third-order valence-corrected chi connectivity index (χ3v) is 5.31. The average Bonchev–Trinajstić information content (AvgIpc) is 2.68. The second-order valence-electron chi connectivity index (χ2n) is 7.46. The van der Waals surface area contributed by atoms with E-state index in [9.17, 15) is 0 Å². The van der Waals surface area contributed by atoms with Gasteiger partial charge in [-0.25, -0.2) is 4.98 Å². The third kappa shape index (κ3) is 4.83. The minimum Gasteiger partial charge on any atom is -0.396 e. The number of aromatic nitrogens is 1. The second kappa shape index (κ2) is 6.54. The van der Waals surface area contributed by atoms with Gasteiger partial charge in [0.2, 0.25) is 0 Å². The topological polar surface area (TPSA) is 45.2 Å². The van der Waals surface area contributed by atoms with E-state index in [0.29, 0.717) is 6.04 Å². The van der Waals surface area contributed by atoms with Crippen molar-refractivity contribution in [1.82, 2.24) is 10.3 Å². The smallest absolute Gasteiger partial charge is 0.0985 e. The van der Waals surface area contributed by atoms with E-state index in [0.717, 1.165) is 18.7 Å². The molecule has 0 saturated carbocycles. The quantitative estimate of drug-likeness (QED) is 0.839. The molecule has 0 radical (unpaired) electrons. The van der Waals surface area contributed by atoms with Crippen LogP contribution in [-0.2, 0) is 5.41 Å². The minimum atomic E-state index is 0.115. The van der Waals surface area contributed by atoms with Crippen LogP contribution in [0.5, 0.6) is 0 Å². The molecule has 0 aliphatic rings. The molecular weight excluding hydrogens is 268 g/mol. The molecule has 0 bridgehead atoms. The highest BCUT2D eigenvalue weighted by molar-refractivity contribution is 7.12. The zero-order valence-electron chi connectivity index (χ0n) is 14.0. The monoisotopic (exact) mass is 298 g/mol. The summed E-state index contributed by atoms with van der Waals surface area (Å²) in [5.74, 6) is 0. The first-order valence-corrected chi connectivity index (χ1v) is 8.20. The Morgan fingerprint density at radius 3 is 2.30 bits per heavy atom. The summed E-state index contributed by atoms with van der Waals surface area (Å²) in [5.41, 5.74) is 1.37. The maximum absolute atomic E-state index is 9.09. The van der Waals surface area contributed by atoms with Crippen LogP contribution >= 0.6 is 11.3 Å². The predicted molar refractivity (Wildman–Crippen MR) is 87.5 cm³/mol. The maximum atomic E-state index is 9.09. The van der Waals surface area contributed by atoms with Crippen LogP contribution in [-0.4, -0.2) is 23.2 Å².